The largest absolute Gasteiger partial charge is 0.497 e. The van der Waals surface area contributed by atoms with E-state index in [4.69, 9.17) is 4.74 Å². The summed E-state index contributed by atoms with van der Waals surface area (Å²) < 4.78 is 5.29. The van der Waals surface area contributed by atoms with E-state index in [0.717, 1.165) is 53.9 Å². The molecule has 0 radical (unpaired) electrons. The number of fused-ring (bicyclic) bond motifs is 1. The van der Waals surface area contributed by atoms with Gasteiger partial charge in [0.1, 0.15) is 5.75 Å². The Labute approximate surface area is 158 Å². The fraction of sp³-hybridized carbons (Fsp3) is 0.350. The van der Waals surface area contributed by atoms with Crippen LogP contribution in [0.25, 0.3) is 11.0 Å². The van der Waals surface area contributed by atoms with Crippen LogP contribution in [0, 0.1) is 0 Å². The number of nitrogens with zero attached hydrogens (tertiary/aromatic N) is 3. The van der Waals surface area contributed by atoms with Crippen LogP contribution in [0.1, 0.15) is 5.56 Å². The summed E-state index contributed by atoms with van der Waals surface area (Å²) in [5.41, 5.74) is 4.70. The Balaban J connectivity index is 1.49. The van der Waals surface area contributed by atoms with E-state index in [0.29, 0.717) is 0 Å². The molecule has 4 rings (SSSR count). The van der Waals surface area contributed by atoms with Crippen molar-refractivity contribution < 1.29 is 4.74 Å². The molecule has 0 atom stereocenters. The van der Waals surface area contributed by atoms with E-state index >= 15 is 0 Å². The van der Waals surface area contributed by atoms with Gasteiger partial charge >= 0.3 is 0 Å². The van der Waals surface area contributed by atoms with Crippen LogP contribution in [0.5, 0.6) is 5.75 Å². The van der Waals surface area contributed by atoms with Crippen molar-refractivity contribution >= 4 is 28.5 Å². The summed E-state index contributed by atoms with van der Waals surface area (Å²) in [7, 11) is 3.87. The molecular formula is C20H24N4OS. The Morgan fingerprint density at radius 3 is 2.73 bits per heavy atom. The van der Waals surface area contributed by atoms with E-state index in [1.165, 1.54) is 11.3 Å². The third-order valence-electron chi connectivity index (χ3n) is 4.87. The van der Waals surface area contributed by atoms with E-state index in [-0.39, 0.29) is 0 Å². The number of piperazine rings is 1. The highest BCUT2D eigenvalue weighted by Gasteiger charge is 2.17. The summed E-state index contributed by atoms with van der Waals surface area (Å²) in [6.45, 7) is 4.41. The van der Waals surface area contributed by atoms with E-state index < -0.39 is 0 Å². The highest BCUT2D eigenvalue weighted by atomic mass is 32.2. The molecule has 0 bridgehead atoms. The zero-order valence-corrected chi connectivity index (χ0v) is 16.1. The highest BCUT2D eigenvalue weighted by Crippen LogP contribution is 2.29. The number of benzene rings is 2. The number of rotatable bonds is 5. The van der Waals surface area contributed by atoms with Gasteiger partial charge in [0.15, 0.2) is 5.16 Å². The van der Waals surface area contributed by atoms with Gasteiger partial charge in [0.05, 0.1) is 18.1 Å². The van der Waals surface area contributed by atoms with Crippen molar-refractivity contribution in [3.63, 3.8) is 0 Å². The number of ether oxygens (including phenoxy) is 1. The monoisotopic (exact) mass is 368 g/mol. The smallest absolute Gasteiger partial charge is 0.166 e. The number of nitrogens with one attached hydrogen (secondary N) is 1. The number of H-pyrrole nitrogens is 1. The Morgan fingerprint density at radius 2 is 1.92 bits per heavy atom. The van der Waals surface area contributed by atoms with Crippen LogP contribution >= 0.6 is 11.8 Å². The Hall–Kier alpha value is -2.18. The molecule has 1 aromatic heterocycles. The first-order valence-electron chi connectivity index (χ1n) is 8.91. The Bertz CT molecular complexity index is 886. The summed E-state index contributed by atoms with van der Waals surface area (Å²) in [6, 6.07) is 14.7. The predicted molar refractivity (Wildman–Crippen MR) is 108 cm³/mol. The van der Waals surface area contributed by atoms with Crippen LogP contribution in [-0.2, 0) is 5.75 Å². The van der Waals surface area contributed by atoms with Crippen molar-refractivity contribution in [2.75, 3.05) is 45.2 Å². The SMILES string of the molecule is COc1ccc2nc(SCc3ccccc3N3CCN(C)CC3)[nH]c2c1. The van der Waals surface area contributed by atoms with E-state index in [1.807, 2.05) is 18.2 Å². The van der Waals surface area contributed by atoms with E-state index in [1.54, 1.807) is 18.9 Å². The molecule has 1 aliphatic rings. The van der Waals surface area contributed by atoms with Crippen molar-refractivity contribution in [3.8, 4) is 5.75 Å². The summed E-state index contributed by atoms with van der Waals surface area (Å²) in [4.78, 5) is 13.0. The van der Waals surface area contributed by atoms with E-state index in [9.17, 15) is 0 Å². The third kappa shape index (κ3) is 3.66. The lowest BCUT2D eigenvalue weighted by atomic mass is 10.1. The van der Waals surface area contributed by atoms with Gasteiger partial charge in [-0.2, -0.15) is 0 Å². The van der Waals surface area contributed by atoms with Crippen LogP contribution in [0.4, 0.5) is 5.69 Å². The van der Waals surface area contributed by atoms with Crippen LogP contribution in [-0.4, -0.2) is 55.2 Å². The second-order valence-corrected chi connectivity index (χ2v) is 7.60. The summed E-state index contributed by atoms with van der Waals surface area (Å²) in [5, 5.41) is 0.946. The van der Waals surface area contributed by atoms with Crippen molar-refractivity contribution in [1.82, 2.24) is 14.9 Å². The van der Waals surface area contributed by atoms with E-state index in [2.05, 4.69) is 51.1 Å². The number of imidazole rings is 1. The molecule has 0 amide bonds. The lowest BCUT2D eigenvalue weighted by Crippen LogP contribution is -2.44. The normalized spacial score (nSPS) is 15.5. The van der Waals surface area contributed by atoms with Crippen molar-refractivity contribution in [2.45, 2.75) is 10.9 Å². The maximum absolute atomic E-state index is 5.29. The van der Waals surface area contributed by atoms with Gasteiger partial charge in [-0.3, -0.25) is 0 Å². The van der Waals surface area contributed by atoms with Crippen molar-refractivity contribution in [2.24, 2.45) is 0 Å². The second kappa shape index (κ2) is 7.60. The zero-order valence-electron chi connectivity index (χ0n) is 15.2. The molecule has 5 nitrogen and oxygen atoms in total. The van der Waals surface area contributed by atoms with Crippen molar-refractivity contribution in [1.29, 1.82) is 0 Å². The third-order valence-corrected chi connectivity index (χ3v) is 5.79. The van der Waals surface area contributed by atoms with Gasteiger partial charge in [-0.25, -0.2) is 4.98 Å². The van der Waals surface area contributed by atoms with Crippen LogP contribution in [0.3, 0.4) is 0 Å². The Kier molecular flexibility index (Phi) is 5.04. The topological polar surface area (TPSA) is 44.4 Å². The average molecular weight is 369 g/mol. The van der Waals surface area contributed by atoms with Gasteiger partial charge in [0.2, 0.25) is 0 Å². The molecule has 136 valence electrons. The average Bonchev–Trinajstić information content (AvgIpc) is 3.09. The molecule has 0 spiro atoms. The number of hydrogen-bond donors (Lipinski definition) is 1. The number of likely N-dealkylation sites (N-methyl/N-ethyl adjacent to an activating group) is 1. The number of aromatic nitrogens is 2. The molecule has 1 fully saturated rings. The maximum Gasteiger partial charge on any atom is 0.166 e. The maximum atomic E-state index is 5.29. The molecule has 2 aromatic carbocycles. The molecule has 3 aromatic rings. The minimum absolute atomic E-state index is 0.845. The van der Waals surface area contributed by atoms with Gasteiger partial charge < -0.3 is 19.5 Å². The number of para-hydroxylation sites is 1. The zero-order chi connectivity index (χ0) is 17.9. The Morgan fingerprint density at radius 1 is 1.12 bits per heavy atom. The molecule has 0 aliphatic carbocycles. The lowest BCUT2D eigenvalue weighted by Gasteiger charge is -2.35. The number of anilines is 1. The lowest BCUT2D eigenvalue weighted by molar-refractivity contribution is 0.312. The minimum atomic E-state index is 0.845. The first kappa shape index (κ1) is 17.2. The molecule has 6 heteroatoms. The molecule has 1 N–H and O–H groups in total. The molecule has 2 heterocycles. The highest BCUT2D eigenvalue weighted by molar-refractivity contribution is 7.98. The number of hydrogen-bond acceptors (Lipinski definition) is 5. The van der Waals surface area contributed by atoms with Crippen molar-refractivity contribution in [3.05, 3.63) is 48.0 Å². The molecule has 1 saturated heterocycles. The molecule has 0 saturated carbocycles. The minimum Gasteiger partial charge on any atom is -0.497 e. The van der Waals surface area contributed by atoms with Gasteiger partial charge in [-0.05, 0) is 30.8 Å². The number of methoxy groups -OCH3 is 1. The number of thioether (sulfide) groups is 1. The number of aromatic amines is 1. The summed E-state index contributed by atoms with van der Waals surface area (Å²) in [6.07, 6.45) is 0. The quantitative estimate of drug-likeness (QED) is 0.697. The van der Waals surface area contributed by atoms with Gasteiger partial charge in [-0.1, -0.05) is 30.0 Å². The summed E-state index contributed by atoms with van der Waals surface area (Å²) in [5.74, 6) is 1.75. The fourth-order valence-corrected chi connectivity index (χ4v) is 4.18. The molecule has 0 unspecified atom stereocenters. The van der Waals surface area contributed by atoms with Gasteiger partial charge in [0.25, 0.3) is 0 Å². The second-order valence-electron chi connectivity index (χ2n) is 6.63. The molecule has 1 aliphatic heterocycles. The molecular weight excluding hydrogens is 344 g/mol. The predicted octanol–water partition coefficient (Wildman–Crippen LogP) is 3.62. The fourth-order valence-electron chi connectivity index (χ4n) is 3.30. The summed E-state index contributed by atoms with van der Waals surface area (Å²) >= 11 is 1.75. The van der Waals surface area contributed by atoms with Crippen LogP contribution in [0.15, 0.2) is 47.6 Å². The molecule has 26 heavy (non-hydrogen) atoms. The first-order chi connectivity index (χ1) is 12.7. The van der Waals surface area contributed by atoms with Crippen LogP contribution < -0.4 is 9.64 Å². The van der Waals surface area contributed by atoms with Gasteiger partial charge in [0, 0.05) is 43.7 Å². The standard InChI is InChI=1S/C20H24N4OS/c1-23-9-11-24(12-10-23)19-6-4-3-5-15(19)14-26-20-21-17-8-7-16(25-2)13-18(17)22-20/h3-8,13H,9-12,14H2,1-2H3,(H,21,22). The van der Waals surface area contributed by atoms with Gasteiger partial charge in [-0.15, -0.1) is 0 Å². The first-order valence-corrected chi connectivity index (χ1v) is 9.89. The van der Waals surface area contributed by atoms with Crippen LogP contribution in [0.2, 0.25) is 0 Å².